The van der Waals surface area contributed by atoms with Crippen molar-refractivity contribution in [1.82, 2.24) is 4.90 Å². The molecular weight excluding hydrogens is 236 g/mol. The number of rotatable bonds is 6. The Morgan fingerprint density at radius 3 is 2.58 bits per heavy atom. The van der Waals surface area contributed by atoms with E-state index in [2.05, 4.69) is 36.9 Å². The van der Waals surface area contributed by atoms with Crippen molar-refractivity contribution in [1.29, 1.82) is 0 Å². The highest BCUT2D eigenvalue weighted by molar-refractivity contribution is 5.33. The van der Waals surface area contributed by atoms with Crippen molar-refractivity contribution >= 4 is 0 Å². The molecule has 0 amide bonds. The van der Waals surface area contributed by atoms with E-state index < -0.39 is 0 Å². The normalized spacial score (nSPS) is 17.6. The minimum Gasteiger partial charge on any atom is -0.494 e. The topological polar surface area (TPSA) is 38.5 Å². The van der Waals surface area contributed by atoms with Crippen molar-refractivity contribution < 1.29 is 4.74 Å². The molecule has 19 heavy (non-hydrogen) atoms. The Balaban J connectivity index is 1.79. The Morgan fingerprint density at radius 1 is 1.21 bits per heavy atom. The van der Waals surface area contributed by atoms with Crippen LogP contribution in [0.4, 0.5) is 0 Å². The van der Waals surface area contributed by atoms with Crippen LogP contribution in [0.15, 0.2) is 18.2 Å². The average Bonchev–Trinajstić information content (AvgIpc) is 2.92. The first-order valence-corrected chi connectivity index (χ1v) is 7.35. The predicted molar refractivity (Wildman–Crippen MR) is 79.7 cm³/mol. The lowest BCUT2D eigenvalue weighted by Crippen LogP contribution is -2.39. The molecule has 0 saturated carbocycles. The van der Waals surface area contributed by atoms with Gasteiger partial charge < -0.3 is 10.5 Å². The Morgan fingerprint density at radius 2 is 1.95 bits per heavy atom. The van der Waals surface area contributed by atoms with Gasteiger partial charge in [-0.15, -0.1) is 0 Å². The van der Waals surface area contributed by atoms with Crippen LogP contribution in [0.3, 0.4) is 0 Å². The van der Waals surface area contributed by atoms with E-state index in [-0.39, 0.29) is 0 Å². The molecule has 1 aromatic carbocycles. The van der Waals surface area contributed by atoms with Crippen LogP contribution >= 0.6 is 0 Å². The highest BCUT2D eigenvalue weighted by Crippen LogP contribution is 2.18. The van der Waals surface area contributed by atoms with Gasteiger partial charge in [-0.3, -0.25) is 4.90 Å². The van der Waals surface area contributed by atoms with Crippen LogP contribution in [0, 0.1) is 13.8 Å². The highest BCUT2D eigenvalue weighted by atomic mass is 16.5. The third-order valence-electron chi connectivity index (χ3n) is 4.13. The largest absolute Gasteiger partial charge is 0.494 e. The minimum absolute atomic E-state index is 0.481. The summed E-state index contributed by atoms with van der Waals surface area (Å²) in [6.45, 7) is 8.13. The van der Waals surface area contributed by atoms with Crippen molar-refractivity contribution in [2.75, 3.05) is 26.2 Å². The third-order valence-corrected chi connectivity index (χ3v) is 4.13. The summed E-state index contributed by atoms with van der Waals surface area (Å²) in [4.78, 5) is 2.50. The van der Waals surface area contributed by atoms with E-state index in [4.69, 9.17) is 10.5 Å². The van der Waals surface area contributed by atoms with Crippen molar-refractivity contribution in [3.05, 3.63) is 29.3 Å². The number of nitrogens with zero attached hydrogens (tertiary/aromatic N) is 1. The van der Waals surface area contributed by atoms with E-state index in [1.807, 2.05) is 0 Å². The van der Waals surface area contributed by atoms with Crippen LogP contribution in [0.1, 0.15) is 30.4 Å². The van der Waals surface area contributed by atoms with Gasteiger partial charge in [0.15, 0.2) is 0 Å². The summed E-state index contributed by atoms with van der Waals surface area (Å²) >= 11 is 0. The van der Waals surface area contributed by atoms with Gasteiger partial charge in [-0.25, -0.2) is 0 Å². The average molecular weight is 262 g/mol. The lowest BCUT2D eigenvalue weighted by atomic mass is 10.1. The van der Waals surface area contributed by atoms with Crippen molar-refractivity contribution in [3.8, 4) is 5.75 Å². The number of likely N-dealkylation sites (tertiary alicyclic amines) is 1. The molecule has 1 aromatic rings. The third kappa shape index (κ3) is 3.95. The summed E-state index contributed by atoms with van der Waals surface area (Å²) in [5.74, 6) is 0.972. The molecule has 106 valence electrons. The zero-order valence-corrected chi connectivity index (χ0v) is 12.2. The lowest BCUT2D eigenvalue weighted by Gasteiger charge is -2.26. The zero-order valence-electron chi connectivity index (χ0n) is 12.2. The number of benzene rings is 1. The fourth-order valence-electron chi connectivity index (χ4n) is 2.67. The smallest absolute Gasteiger partial charge is 0.119 e. The van der Waals surface area contributed by atoms with Crippen LogP contribution in [0.25, 0.3) is 0 Å². The Labute approximate surface area is 116 Å². The molecule has 1 fully saturated rings. The maximum absolute atomic E-state index is 5.88. The molecule has 1 aliphatic rings. The molecule has 0 radical (unpaired) electrons. The number of nitrogens with two attached hydrogens (primary N) is 1. The van der Waals surface area contributed by atoms with E-state index >= 15 is 0 Å². The molecule has 0 spiro atoms. The number of ether oxygens (including phenoxy) is 1. The fraction of sp³-hybridized carbons (Fsp3) is 0.625. The standard InChI is InChI=1S/C16H26N2O/c1-13-5-6-16(11-14(13)2)19-10-7-15(12-17)18-8-3-4-9-18/h5-6,11,15H,3-4,7-10,12,17H2,1-2H3. The van der Waals surface area contributed by atoms with E-state index in [0.717, 1.165) is 25.3 Å². The second-order valence-electron chi connectivity index (χ2n) is 5.52. The molecule has 2 N–H and O–H groups in total. The summed E-state index contributed by atoms with van der Waals surface area (Å²) < 4.78 is 5.85. The molecule has 0 aromatic heterocycles. The van der Waals surface area contributed by atoms with E-state index in [9.17, 15) is 0 Å². The predicted octanol–water partition coefficient (Wildman–Crippen LogP) is 2.50. The first-order chi connectivity index (χ1) is 9.20. The van der Waals surface area contributed by atoms with Crippen molar-refractivity contribution in [3.63, 3.8) is 0 Å². The van der Waals surface area contributed by atoms with Crippen LogP contribution in [0.5, 0.6) is 5.75 Å². The Bertz CT molecular complexity index is 400. The monoisotopic (exact) mass is 262 g/mol. The van der Waals surface area contributed by atoms with Gasteiger partial charge >= 0.3 is 0 Å². The number of aryl methyl sites for hydroxylation is 2. The molecule has 1 unspecified atom stereocenters. The zero-order chi connectivity index (χ0) is 13.7. The van der Waals surface area contributed by atoms with E-state index in [1.165, 1.54) is 37.1 Å². The summed E-state index contributed by atoms with van der Waals surface area (Å²) in [7, 11) is 0. The van der Waals surface area contributed by atoms with Gasteiger partial charge in [0.2, 0.25) is 0 Å². The van der Waals surface area contributed by atoms with Crippen LogP contribution in [-0.4, -0.2) is 37.2 Å². The second kappa shape index (κ2) is 6.92. The van der Waals surface area contributed by atoms with Gasteiger partial charge in [-0.1, -0.05) is 6.07 Å². The summed E-state index contributed by atoms with van der Waals surface area (Å²) in [6.07, 6.45) is 3.65. The van der Waals surface area contributed by atoms with Gasteiger partial charge in [-0.05, 0) is 69.5 Å². The lowest BCUT2D eigenvalue weighted by molar-refractivity contribution is 0.197. The fourth-order valence-corrected chi connectivity index (χ4v) is 2.67. The first-order valence-electron chi connectivity index (χ1n) is 7.35. The molecule has 3 nitrogen and oxygen atoms in total. The maximum atomic E-state index is 5.88. The number of hydrogen-bond acceptors (Lipinski definition) is 3. The first kappa shape index (κ1) is 14.4. The molecule has 1 aliphatic heterocycles. The summed E-state index contributed by atoms with van der Waals surface area (Å²) in [6, 6.07) is 6.76. The molecule has 3 heteroatoms. The van der Waals surface area contributed by atoms with Crippen molar-refractivity contribution in [2.45, 2.75) is 39.2 Å². The molecule has 1 heterocycles. The Kier molecular flexibility index (Phi) is 5.23. The highest BCUT2D eigenvalue weighted by Gasteiger charge is 2.20. The van der Waals surface area contributed by atoms with Crippen molar-refractivity contribution in [2.24, 2.45) is 5.73 Å². The molecule has 0 aliphatic carbocycles. The van der Waals surface area contributed by atoms with E-state index in [1.54, 1.807) is 0 Å². The number of hydrogen-bond donors (Lipinski definition) is 1. The molecular formula is C16H26N2O. The molecule has 0 bridgehead atoms. The molecule has 2 rings (SSSR count). The van der Waals surface area contributed by atoms with E-state index in [0.29, 0.717) is 6.04 Å². The van der Waals surface area contributed by atoms with Crippen LogP contribution in [0.2, 0.25) is 0 Å². The molecule has 1 atom stereocenters. The SMILES string of the molecule is Cc1ccc(OCCC(CN)N2CCCC2)cc1C. The van der Waals surface area contributed by atoms with Gasteiger partial charge in [0, 0.05) is 12.6 Å². The quantitative estimate of drug-likeness (QED) is 0.856. The molecule has 1 saturated heterocycles. The second-order valence-corrected chi connectivity index (χ2v) is 5.52. The van der Waals surface area contributed by atoms with Crippen LogP contribution < -0.4 is 10.5 Å². The van der Waals surface area contributed by atoms with Gasteiger partial charge in [0.1, 0.15) is 5.75 Å². The minimum atomic E-state index is 0.481. The van der Waals surface area contributed by atoms with Crippen LogP contribution in [-0.2, 0) is 0 Å². The van der Waals surface area contributed by atoms with Gasteiger partial charge in [0.25, 0.3) is 0 Å². The van der Waals surface area contributed by atoms with Gasteiger partial charge in [-0.2, -0.15) is 0 Å². The maximum Gasteiger partial charge on any atom is 0.119 e. The Hall–Kier alpha value is -1.06. The van der Waals surface area contributed by atoms with Gasteiger partial charge in [0.05, 0.1) is 6.61 Å². The summed E-state index contributed by atoms with van der Waals surface area (Å²) in [5, 5.41) is 0. The summed E-state index contributed by atoms with van der Waals surface area (Å²) in [5.41, 5.74) is 8.47.